The van der Waals surface area contributed by atoms with E-state index in [1.54, 1.807) is 0 Å². The second-order valence-corrected chi connectivity index (χ2v) is 13.4. The third-order valence-electron chi connectivity index (χ3n) is 11.0. The van der Waals surface area contributed by atoms with Crippen LogP contribution in [0.4, 0.5) is 0 Å². The number of allylic oxidation sites excluding steroid dienone is 2. The van der Waals surface area contributed by atoms with Gasteiger partial charge in [0.2, 0.25) is 0 Å². The molecule has 0 amide bonds. The van der Waals surface area contributed by atoms with Gasteiger partial charge in [-0.1, -0.05) is 32.4 Å². The van der Waals surface area contributed by atoms with Crippen molar-refractivity contribution >= 4 is 11.9 Å². The summed E-state index contributed by atoms with van der Waals surface area (Å²) >= 11 is 0. The van der Waals surface area contributed by atoms with Crippen LogP contribution in [-0.4, -0.2) is 11.9 Å². The van der Waals surface area contributed by atoms with E-state index in [0.717, 1.165) is 44.1 Å². The quantitative estimate of drug-likeness (QED) is 0.244. The third-order valence-corrected chi connectivity index (χ3v) is 11.0. The fourth-order valence-corrected chi connectivity index (χ4v) is 8.86. The Morgan fingerprint density at radius 3 is 2.30 bits per heavy atom. The Morgan fingerprint density at radius 2 is 1.65 bits per heavy atom. The number of ether oxygens (including phenoxy) is 2. The lowest BCUT2D eigenvalue weighted by molar-refractivity contribution is -0.134. The lowest BCUT2D eigenvalue weighted by Crippen LogP contribution is -2.56. The second kappa shape index (κ2) is 8.45. The minimum Gasteiger partial charge on any atom is -0.423 e. The average Bonchev–Trinajstić information content (AvgIpc) is 2.82. The first-order valence-corrected chi connectivity index (χ1v) is 13.9. The Hall–Kier alpha value is -2.61. The molecule has 3 saturated carbocycles. The van der Waals surface area contributed by atoms with Crippen LogP contribution in [0.2, 0.25) is 0 Å². The first kappa shape index (κ1) is 26.0. The van der Waals surface area contributed by atoms with E-state index < -0.39 is 11.9 Å². The molecule has 0 heterocycles. The Labute approximate surface area is 221 Å². The van der Waals surface area contributed by atoms with Gasteiger partial charge in [-0.15, -0.1) is 0 Å². The van der Waals surface area contributed by atoms with Gasteiger partial charge in [-0.2, -0.15) is 5.26 Å². The molecule has 198 valence electrons. The van der Waals surface area contributed by atoms with Gasteiger partial charge < -0.3 is 9.47 Å². The first-order chi connectivity index (χ1) is 17.3. The van der Waals surface area contributed by atoms with E-state index in [0.29, 0.717) is 28.7 Å². The SMILES string of the molecule is CC(=O)Oc1cc2c(c(C)c1OC(C)=O)CC=C1C2(C)CCC2C3CC(C)(C#N)CCC3(C)CCC12C. The molecule has 4 aliphatic rings. The van der Waals surface area contributed by atoms with Crippen LogP contribution in [0, 0.1) is 46.3 Å². The Morgan fingerprint density at radius 1 is 0.973 bits per heavy atom. The highest BCUT2D eigenvalue weighted by atomic mass is 16.6. The molecular weight excluding hydrogens is 462 g/mol. The van der Waals surface area contributed by atoms with Gasteiger partial charge in [-0.05, 0) is 111 Å². The molecule has 1 aromatic rings. The van der Waals surface area contributed by atoms with Crippen LogP contribution in [0.15, 0.2) is 17.7 Å². The van der Waals surface area contributed by atoms with E-state index in [2.05, 4.69) is 39.8 Å². The summed E-state index contributed by atoms with van der Waals surface area (Å²) in [5.41, 5.74) is 4.77. The van der Waals surface area contributed by atoms with Crippen molar-refractivity contribution in [2.24, 2.45) is 28.1 Å². The summed E-state index contributed by atoms with van der Waals surface area (Å²) < 4.78 is 11.2. The van der Waals surface area contributed by atoms with Gasteiger partial charge in [0.15, 0.2) is 11.5 Å². The molecule has 1 aromatic carbocycles. The lowest BCUT2D eigenvalue weighted by atomic mass is 9.40. The fraction of sp³-hybridized carbons (Fsp3) is 0.656. The van der Waals surface area contributed by atoms with Crippen molar-refractivity contribution in [1.82, 2.24) is 0 Å². The molecular formula is C32H41NO4. The molecule has 0 N–H and O–H groups in total. The lowest BCUT2D eigenvalue weighted by Gasteiger charge is -2.64. The molecule has 0 aromatic heterocycles. The van der Waals surface area contributed by atoms with Crippen molar-refractivity contribution in [3.63, 3.8) is 0 Å². The maximum absolute atomic E-state index is 12.0. The minimum absolute atomic E-state index is 0.0760. The largest absolute Gasteiger partial charge is 0.423 e. The van der Waals surface area contributed by atoms with Gasteiger partial charge in [0.05, 0.1) is 11.5 Å². The number of fused-ring (bicyclic) bond motifs is 7. The first-order valence-electron chi connectivity index (χ1n) is 13.9. The predicted molar refractivity (Wildman–Crippen MR) is 142 cm³/mol. The van der Waals surface area contributed by atoms with Gasteiger partial charge in [0.1, 0.15) is 0 Å². The second-order valence-electron chi connectivity index (χ2n) is 13.4. The van der Waals surface area contributed by atoms with Gasteiger partial charge >= 0.3 is 11.9 Å². The van der Waals surface area contributed by atoms with Gasteiger partial charge in [0.25, 0.3) is 0 Å². The summed E-state index contributed by atoms with van der Waals surface area (Å²) in [6.07, 6.45) is 10.9. The van der Waals surface area contributed by atoms with Crippen LogP contribution in [0.3, 0.4) is 0 Å². The van der Waals surface area contributed by atoms with Crippen LogP contribution in [0.5, 0.6) is 11.5 Å². The van der Waals surface area contributed by atoms with E-state index in [-0.39, 0.29) is 16.2 Å². The molecule has 0 spiro atoms. The van der Waals surface area contributed by atoms with Crippen molar-refractivity contribution in [2.45, 2.75) is 105 Å². The Kier molecular flexibility index (Phi) is 5.94. The molecule has 0 saturated heterocycles. The zero-order valence-electron chi connectivity index (χ0n) is 23.5. The molecule has 5 nitrogen and oxygen atoms in total. The summed E-state index contributed by atoms with van der Waals surface area (Å²) in [6.45, 7) is 14.2. The molecule has 0 bridgehead atoms. The summed E-state index contributed by atoms with van der Waals surface area (Å²) in [5.74, 6) is 0.959. The highest BCUT2D eigenvalue weighted by Gasteiger charge is 2.61. The maximum atomic E-state index is 12.0. The van der Waals surface area contributed by atoms with Crippen LogP contribution < -0.4 is 9.47 Å². The van der Waals surface area contributed by atoms with E-state index in [1.807, 2.05) is 13.0 Å². The minimum atomic E-state index is -0.426. The summed E-state index contributed by atoms with van der Waals surface area (Å²) in [7, 11) is 0. The number of hydrogen-bond acceptors (Lipinski definition) is 5. The highest BCUT2D eigenvalue weighted by molar-refractivity contribution is 5.76. The predicted octanol–water partition coefficient (Wildman–Crippen LogP) is 7.13. The molecule has 3 fully saturated rings. The zero-order valence-corrected chi connectivity index (χ0v) is 23.5. The molecule has 5 rings (SSSR count). The molecule has 5 heteroatoms. The molecule has 0 radical (unpaired) electrons. The number of rotatable bonds is 2. The van der Waals surface area contributed by atoms with Crippen molar-refractivity contribution in [3.8, 4) is 17.6 Å². The van der Waals surface area contributed by atoms with Crippen LogP contribution in [0.1, 0.15) is 103 Å². The van der Waals surface area contributed by atoms with Crippen molar-refractivity contribution in [3.05, 3.63) is 34.4 Å². The monoisotopic (exact) mass is 503 g/mol. The standard InChI is InChI=1S/C32H41NO4/c1-19-22-8-9-27-31(6,24(22)16-26(36-20(2)34)28(19)37-21(3)35)11-10-23-25-17-29(4,18-33)12-13-30(25,5)14-15-32(23,27)7/h9,16,23,25H,8,10-15,17H2,1-7H3. The number of carbonyl (C=O) groups excluding carboxylic acids is 2. The third kappa shape index (κ3) is 3.85. The van der Waals surface area contributed by atoms with Gasteiger partial charge in [-0.3, -0.25) is 9.59 Å². The van der Waals surface area contributed by atoms with Crippen molar-refractivity contribution < 1.29 is 19.1 Å². The Bertz CT molecular complexity index is 1260. The molecule has 6 unspecified atom stereocenters. The number of esters is 2. The van der Waals surface area contributed by atoms with Crippen molar-refractivity contribution in [1.29, 1.82) is 5.26 Å². The number of nitriles is 1. The molecule has 6 atom stereocenters. The van der Waals surface area contributed by atoms with Crippen molar-refractivity contribution in [2.75, 3.05) is 0 Å². The van der Waals surface area contributed by atoms with Gasteiger partial charge in [0, 0.05) is 19.3 Å². The summed E-state index contributed by atoms with van der Waals surface area (Å²) in [5, 5.41) is 9.99. The van der Waals surface area contributed by atoms with Crippen LogP contribution in [-0.2, 0) is 21.4 Å². The number of nitrogens with zero attached hydrogens (tertiary/aromatic N) is 1. The highest BCUT2D eigenvalue weighted by Crippen LogP contribution is 2.69. The fourth-order valence-electron chi connectivity index (χ4n) is 8.86. The molecule has 0 aliphatic heterocycles. The van der Waals surface area contributed by atoms with Gasteiger partial charge in [-0.25, -0.2) is 0 Å². The van der Waals surface area contributed by atoms with E-state index in [1.165, 1.54) is 43.4 Å². The van der Waals surface area contributed by atoms with E-state index in [4.69, 9.17) is 9.47 Å². The number of benzene rings is 1. The molecule has 4 aliphatic carbocycles. The summed E-state index contributed by atoms with van der Waals surface area (Å²) in [6, 6.07) is 4.64. The Balaban J connectivity index is 1.59. The van der Waals surface area contributed by atoms with Crippen LogP contribution >= 0.6 is 0 Å². The topological polar surface area (TPSA) is 76.4 Å². The van der Waals surface area contributed by atoms with Crippen LogP contribution in [0.25, 0.3) is 0 Å². The normalized spacial score (nSPS) is 38.1. The molecule has 37 heavy (non-hydrogen) atoms. The average molecular weight is 504 g/mol. The van der Waals surface area contributed by atoms with E-state index in [9.17, 15) is 14.9 Å². The maximum Gasteiger partial charge on any atom is 0.308 e. The number of hydrogen-bond donors (Lipinski definition) is 0. The summed E-state index contributed by atoms with van der Waals surface area (Å²) in [4.78, 5) is 23.9. The zero-order chi connectivity index (χ0) is 27.0. The number of carbonyl (C=O) groups is 2. The smallest absolute Gasteiger partial charge is 0.308 e. The van der Waals surface area contributed by atoms with E-state index >= 15 is 0 Å².